The van der Waals surface area contributed by atoms with Gasteiger partial charge in [-0.3, -0.25) is 4.79 Å². The molecule has 2 atom stereocenters. The number of hydrogen-bond acceptors (Lipinski definition) is 4. The number of carbonyl (C=O) groups excluding carboxylic acids is 1. The summed E-state index contributed by atoms with van der Waals surface area (Å²) < 4.78 is 25.8. The molecule has 1 aliphatic carbocycles. The van der Waals surface area contributed by atoms with Gasteiger partial charge in [0.05, 0.1) is 18.8 Å². The number of hydrogen-bond donors (Lipinski definition) is 2. The second kappa shape index (κ2) is 11.3. The molecule has 7 nitrogen and oxygen atoms in total. The average molecular weight is 435 g/mol. The van der Waals surface area contributed by atoms with E-state index in [-0.39, 0.29) is 30.4 Å². The second-order valence-corrected chi connectivity index (χ2v) is 8.63. The van der Waals surface area contributed by atoms with E-state index in [4.69, 9.17) is 9.47 Å². The van der Waals surface area contributed by atoms with Crippen LogP contribution in [0.25, 0.3) is 0 Å². The highest BCUT2D eigenvalue weighted by Gasteiger charge is 2.23. The van der Waals surface area contributed by atoms with E-state index in [1.807, 2.05) is 13.0 Å². The van der Waals surface area contributed by atoms with Gasteiger partial charge >= 0.3 is 0 Å². The van der Waals surface area contributed by atoms with Crippen molar-refractivity contribution < 1.29 is 18.7 Å². The van der Waals surface area contributed by atoms with Gasteiger partial charge in [0.1, 0.15) is 6.54 Å². The third-order valence-electron chi connectivity index (χ3n) is 5.62. The van der Waals surface area contributed by atoms with Crippen LogP contribution in [-0.2, 0) is 9.53 Å². The summed E-state index contributed by atoms with van der Waals surface area (Å²) in [6.45, 7) is 3.92. The SMILES string of the molecule is CC(NC(=NCC(=O)N(C)C)NCC1CCCCO1)c1ccc(OCC2CC2)c(F)c1. The molecule has 0 aromatic heterocycles. The van der Waals surface area contributed by atoms with Crippen molar-refractivity contribution in [3.05, 3.63) is 29.6 Å². The maximum Gasteiger partial charge on any atom is 0.243 e. The third kappa shape index (κ3) is 7.69. The van der Waals surface area contributed by atoms with Crippen LogP contribution in [-0.4, -0.2) is 63.3 Å². The Kier molecular flexibility index (Phi) is 8.51. The van der Waals surface area contributed by atoms with Gasteiger partial charge in [0.2, 0.25) is 5.91 Å². The molecule has 1 amide bonds. The zero-order valence-electron chi connectivity index (χ0n) is 18.8. The largest absolute Gasteiger partial charge is 0.490 e. The van der Waals surface area contributed by atoms with E-state index in [1.54, 1.807) is 20.2 Å². The van der Waals surface area contributed by atoms with Crippen LogP contribution in [0.5, 0.6) is 5.75 Å². The Morgan fingerprint density at radius 1 is 1.32 bits per heavy atom. The number of amides is 1. The minimum atomic E-state index is -0.364. The van der Waals surface area contributed by atoms with Crippen molar-refractivity contribution in [1.82, 2.24) is 15.5 Å². The lowest BCUT2D eigenvalue weighted by Gasteiger charge is -2.25. The lowest BCUT2D eigenvalue weighted by Crippen LogP contribution is -2.44. The molecule has 1 saturated heterocycles. The number of ether oxygens (including phenoxy) is 2. The topological polar surface area (TPSA) is 75.2 Å². The van der Waals surface area contributed by atoms with Gasteiger partial charge in [0.25, 0.3) is 0 Å². The number of aliphatic imine (C=N–C) groups is 1. The quantitative estimate of drug-likeness (QED) is 0.462. The monoisotopic (exact) mass is 434 g/mol. The highest BCUT2D eigenvalue weighted by molar-refractivity contribution is 5.85. The van der Waals surface area contributed by atoms with E-state index in [0.29, 0.717) is 30.8 Å². The first-order valence-corrected chi connectivity index (χ1v) is 11.2. The van der Waals surface area contributed by atoms with Gasteiger partial charge in [-0.15, -0.1) is 0 Å². The summed E-state index contributed by atoms with van der Waals surface area (Å²) in [4.78, 5) is 17.9. The van der Waals surface area contributed by atoms with Crippen molar-refractivity contribution in [2.75, 3.05) is 40.4 Å². The minimum Gasteiger partial charge on any atom is -0.490 e. The summed E-state index contributed by atoms with van der Waals surface area (Å²) in [6.07, 6.45) is 5.70. The molecule has 31 heavy (non-hydrogen) atoms. The Bertz CT molecular complexity index is 761. The lowest BCUT2D eigenvalue weighted by molar-refractivity contribution is -0.127. The van der Waals surface area contributed by atoms with Crippen LogP contribution in [0.4, 0.5) is 4.39 Å². The highest BCUT2D eigenvalue weighted by Crippen LogP contribution is 2.30. The molecule has 0 bridgehead atoms. The van der Waals surface area contributed by atoms with E-state index in [2.05, 4.69) is 15.6 Å². The second-order valence-electron chi connectivity index (χ2n) is 8.63. The molecule has 3 rings (SSSR count). The van der Waals surface area contributed by atoms with E-state index in [1.165, 1.54) is 11.0 Å². The molecule has 2 unspecified atom stereocenters. The van der Waals surface area contributed by atoms with Crippen LogP contribution in [0.1, 0.15) is 50.6 Å². The molecule has 2 fully saturated rings. The Hall–Kier alpha value is -2.35. The Labute approximate surface area is 184 Å². The number of likely N-dealkylation sites (N-methyl/N-ethyl adjacent to an activating group) is 1. The van der Waals surface area contributed by atoms with Crippen molar-refractivity contribution in [2.45, 2.75) is 51.2 Å². The highest BCUT2D eigenvalue weighted by atomic mass is 19.1. The number of guanidine groups is 1. The van der Waals surface area contributed by atoms with Gasteiger partial charge in [-0.2, -0.15) is 0 Å². The van der Waals surface area contributed by atoms with E-state index < -0.39 is 0 Å². The molecule has 172 valence electrons. The van der Waals surface area contributed by atoms with Gasteiger partial charge in [0, 0.05) is 27.2 Å². The van der Waals surface area contributed by atoms with Crippen molar-refractivity contribution >= 4 is 11.9 Å². The summed E-state index contributed by atoms with van der Waals surface area (Å²) >= 11 is 0. The lowest BCUT2D eigenvalue weighted by atomic mass is 10.1. The zero-order chi connectivity index (χ0) is 22.2. The fourth-order valence-electron chi connectivity index (χ4n) is 3.30. The van der Waals surface area contributed by atoms with Crippen LogP contribution < -0.4 is 15.4 Å². The molecule has 1 heterocycles. The number of nitrogens with one attached hydrogen (secondary N) is 2. The van der Waals surface area contributed by atoms with Gasteiger partial charge < -0.3 is 25.0 Å². The molecule has 1 saturated carbocycles. The molecule has 2 N–H and O–H groups in total. The maximum absolute atomic E-state index is 14.5. The summed E-state index contributed by atoms with van der Waals surface area (Å²) in [5.41, 5.74) is 0.777. The first-order chi connectivity index (χ1) is 14.9. The average Bonchev–Trinajstić information content (AvgIpc) is 3.59. The molecule has 8 heteroatoms. The number of rotatable bonds is 9. The molecular weight excluding hydrogens is 399 g/mol. The summed E-state index contributed by atoms with van der Waals surface area (Å²) in [5, 5.41) is 6.55. The third-order valence-corrected chi connectivity index (χ3v) is 5.62. The molecule has 0 radical (unpaired) electrons. The molecule has 0 spiro atoms. The van der Waals surface area contributed by atoms with Crippen LogP contribution in [0.3, 0.4) is 0 Å². The summed E-state index contributed by atoms with van der Waals surface area (Å²) in [5.74, 6) is 0.914. The van der Waals surface area contributed by atoms with E-state index in [0.717, 1.165) is 44.3 Å². The van der Waals surface area contributed by atoms with Gasteiger partial charge in [-0.05, 0) is 62.6 Å². The summed E-state index contributed by atoms with van der Waals surface area (Å²) in [6, 6.07) is 4.82. The standard InChI is InChI=1S/C23H35FN4O3/c1-16(18-9-10-21(20(24)12-18)31-15-17-7-8-17)27-23(26-14-22(29)28(2)3)25-13-19-6-4-5-11-30-19/h9-10,12,16-17,19H,4-8,11,13-15H2,1-3H3,(H2,25,26,27). The zero-order valence-corrected chi connectivity index (χ0v) is 18.8. The number of benzene rings is 1. The van der Waals surface area contributed by atoms with Crippen molar-refractivity contribution in [3.63, 3.8) is 0 Å². The fraction of sp³-hybridized carbons (Fsp3) is 0.652. The number of halogens is 1. The van der Waals surface area contributed by atoms with Gasteiger partial charge in [-0.1, -0.05) is 6.07 Å². The smallest absolute Gasteiger partial charge is 0.243 e. The van der Waals surface area contributed by atoms with Gasteiger partial charge in [-0.25, -0.2) is 9.38 Å². The maximum atomic E-state index is 14.5. The molecule has 1 aliphatic heterocycles. The van der Waals surface area contributed by atoms with E-state index in [9.17, 15) is 9.18 Å². The molecular formula is C23H35FN4O3. The van der Waals surface area contributed by atoms with Crippen LogP contribution in [0, 0.1) is 11.7 Å². The van der Waals surface area contributed by atoms with Crippen molar-refractivity contribution in [2.24, 2.45) is 10.9 Å². The first kappa shape index (κ1) is 23.3. The normalized spacial score (nSPS) is 20.1. The predicted molar refractivity (Wildman–Crippen MR) is 119 cm³/mol. The molecule has 2 aliphatic rings. The van der Waals surface area contributed by atoms with E-state index >= 15 is 0 Å². The Morgan fingerprint density at radius 2 is 2.13 bits per heavy atom. The Morgan fingerprint density at radius 3 is 2.77 bits per heavy atom. The van der Waals surface area contributed by atoms with Crippen LogP contribution >= 0.6 is 0 Å². The van der Waals surface area contributed by atoms with Gasteiger partial charge in [0.15, 0.2) is 17.5 Å². The Balaban J connectivity index is 1.61. The summed E-state index contributed by atoms with van der Waals surface area (Å²) in [7, 11) is 3.40. The van der Waals surface area contributed by atoms with Crippen molar-refractivity contribution in [1.29, 1.82) is 0 Å². The van der Waals surface area contributed by atoms with Crippen LogP contribution in [0.2, 0.25) is 0 Å². The minimum absolute atomic E-state index is 0.0306. The fourth-order valence-corrected chi connectivity index (χ4v) is 3.30. The molecule has 1 aromatic carbocycles. The van der Waals surface area contributed by atoms with Crippen LogP contribution in [0.15, 0.2) is 23.2 Å². The number of nitrogens with zero attached hydrogens (tertiary/aromatic N) is 2. The predicted octanol–water partition coefficient (Wildman–Crippen LogP) is 2.87. The number of carbonyl (C=O) groups is 1. The first-order valence-electron chi connectivity index (χ1n) is 11.2. The molecule has 1 aromatic rings. The van der Waals surface area contributed by atoms with Crippen molar-refractivity contribution in [3.8, 4) is 5.75 Å².